The van der Waals surface area contributed by atoms with E-state index in [1.54, 1.807) is 11.8 Å². The van der Waals surface area contributed by atoms with Crippen molar-refractivity contribution in [3.8, 4) is 11.5 Å². The molecule has 1 aromatic carbocycles. The summed E-state index contributed by atoms with van der Waals surface area (Å²) < 4.78 is 16.5. The third-order valence-corrected chi connectivity index (χ3v) is 5.06. The van der Waals surface area contributed by atoms with Gasteiger partial charge < -0.3 is 23.7 Å². The monoisotopic (exact) mass is 448 g/mol. The second-order valence-corrected chi connectivity index (χ2v) is 8.83. The van der Waals surface area contributed by atoms with Crippen molar-refractivity contribution in [3.63, 3.8) is 0 Å². The molecule has 168 valence electrons. The maximum Gasteiger partial charge on any atom is 0.242 e. The third-order valence-electron chi connectivity index (χ3n) is 4.87. The van der Waals surface area contributed by atoms with Gasteiger partial charge in [-0.25, -0.2) is 0 Å². The summed E-state index contributed by atoms with van der Waals surface area (Å²) in [7, 11) is 0. The summed E-state index contributed by atoms with van der Waals surface area (Å²) in [4.78, 5) is 29.1. The molecule has 0 aliphatic carbocycles. The molecule has 31 heavy (non-hydrogen) atoms. The Morgan fingerprint density at radius 3 is 2.42 bits per heavy atom. The SMILES string of the molecule is Cc1ccc(CN(Cc2ccc3c(c2)OCO3)C(=O)CN(CC(C)C)C(=O)C(C)Cl)o1. The van der Waals surface area contributed by atoms with Crippen LogP contribution < -0.4 is 9.47 Å². The van der Waals surface area contributed by atoms with E-state index in [0.717, 1.165) is 11.3 Å². The highest BCUT2D eigenvalue weighted by Gasteiger charge is 2.26. The number of aryl methyl sites for hydroxylation is 1. The highest BCUT2D eigenvalue weighted by molar-refractivity contribution is 6.30. The second-order valence-electron chi connectivity index (χ2n) is 8.18. The summed E-state index contributed by atoms with van der Waals surface area (Å²) in [5.41, 5.74) is 0.897. The summed E-state index contributed by atoms with van der Waals surface area (Å²) >= 11 is 6.03. The molecule has 1 atom stereocenters. The lowest BCUT2D eigenvalue weighted by Crippen LogP contribution is -2.45. The number of benzene rings is 1. The maximum atomic E-state index is 13.3. The number of fused-ring (bicyclic) bond motifs is 1. The van der Waals surface area contributed by atoms with E-state index in [1.165, 1.54) is 4.90 Å². The van der Waals surface area contributed by atoms with Crippen molar-refractivity contribution in [2.45, 2.75) is 46.2 Å². The Morgan fingerprint density at radius 1 is 1.03 bits per heavy atom. The van der Waals surface area contributed by atoms with Gasteiger partial charge in [0.05, 0.1) is 13.1 Å². The van der Waals surface area contributed by atoms with E-state index in [2.05, 4.69) is 0 Å². The van der Waals surface area contributed by atoms with Gasteiger partial charge >= 0.3 is 0 Å². The average molecular weight is 449 g/mol. The van der Waals surface area contributed by atoms with Gasteiger partial charge in [-0.15, -0.1) is 11.6 Å². The molecule has 0 fully saturated rings. The first-order chi connectivity index (χ1) is 14.7. The number of furan rings is 1. The Kier molecular flexibility index (Phi) is 7.49. The molecule has 0 saturated carbocycles. The highest BCUT2D eigenvalue weighted by Crippen LogP contribution is 2.33. The van der Waals surface area contributed by atoms with E-state index >= 15 is 0 Å². The van der Waals surface area contributed by atoms with Gasteiger partial charge in [0.15, 0.2) is 11.5 Å². The van der Waals surface area contributed by atoms with Gasteiger partial charge in [-0.05, 0) is 49.6 Å². The van der Waals surface area contributed by atoms with E-state index in [4.69, 9.17) is 25.5 Å². The molecule has 2 aromatic rings. The Labute approximate surface area is 187 Å². The van der Waals surface area contributed by atoms with Crippen molar-refractivity contribution in [3.05, 3.63) is 47.4 Å². The van der Waals surface area contributed by atoms with Crippen molar-refractivity contribution in [2.75, 3.05) is 19.9 Å². The van der Waals surface area contributed by atoms with Crippen molar-refractivity contribution in [1.82, 2.24) is 9.80 Å². The largest absolute Gasteiger partial charge is 0.464 e. The van der Waals surface area contributed by atoms with Gasteiger partial charge in [-0.3, -0.25) is 9.59 Å². The van der Waals surface area contributed by atoms with Gasteiger partial charge in [0, 0.05) is 13.1 Å². The third kappa shape index (κ3) is 6.17. The molecule has 2 amide bonds. The minimum Gasteiger partial charge on any atom is -0.464 e. The molecule has 0 spiro atoms. The fourth-order valence-electron chi connectivity index (χ4n) is 3.44. The first-order valence-corrected chi connectivity index (χ1v) is 10.8. The van der Waals surface area contributed by atoms with Crippen LogP contribution >= 0.6 is 11.6 Å². The van der Waals surface area contributed by atoms with Gasteiger partial charge in [-0.1, -0.05) is 19.9 Å². The molecular formula is C23H29ClN2O5. The number of carbonyl (C=O) groups excluding carboxylic acids is 2. The first kappa shape index (κ1) is 23.0. The molecule has 3 rings (SSSR count). The van der Waals surface area contributed by atoms with Crippen LogP contribution in [0, 0.1) is 12.8 Å². The molecule has 0 saturated heterocycles. The number of alkyl halides is 1. The van der Waals surface area contributed by atoms with E-state index in [-0.39, 0.29) is 31.1 Å². The fraction of sp³-hybridized carbons (Fsp3) is 0.478. The smallest absolute Gasteiger partial charge is 0.242 e. The van der Waals surface area contributed by atoms with E-state index in [9.17, 15) is 9.59 Å². The van der Waals surface area contributed by atoms with E-state index in [1.807, 2.05) is 51.1 Å². The lowest BCUT2D eigenvalue weighted by molar-refractivity contribution is -0.141. The Hall–Kier alpha value is -2.67. The Balaban J connectivity index is 1.80. The number of hydrogen-bond acceptors (Lipinski definition) is 5. The molecule has 8 heteroatoms. The average Bonchev–Trinajstić information content (AvgIpc) is 3.34. The van der Waals surface area contributed by atoms with Gasteiger partial charge in [0.1, 0.15) is 16.9 Å². The molecule has 2 heterocycles. The topological polar surface area (TPSA) is 72.2 Å². The van der Waals surface area contributed by atoms with Crippen LogP contribution in [0.2, 0.25) is 0 Å². The molecule has 1 aromatic heterocycles. The second kappa shape index (κ2) is 10.1. The minimum absolute atomic E-state index is 0.0433. The Morgan fingerprint density at radius 2 is 1.77 bits per heavy atom. The van der Waals surface area contributed by atoms with Gasteiger partial charge in [-0.2, -0.15) is 0 Å². The van der Waals surface area contributed by atoms with Crippen molar-refractivity contribution >= 4 is 23.4 Å². The molecule has 0 N–H and O–H groups in total. The highest BCUT2D eigenvalue weighted by atomic mass is 35.5. The van der Waals surface area contributed by atoms with Crippen LogP contribution in [0.1, 0.15) is 37.9 Å². The van der Waals surface area contributed by atoms with Crippen LogP contribution in [-0.4, -0.2) is 46.9 Å². The summed E-state index contributed by atoms with van der Waals surface area (Å²) in [6.45, 7) is 8.72. The predicted octanol–water partition coefficient (Wildman–Crippen LogP) is 3.96. The molecular weight excluding hydrogens is 420 g/mol. The van der Waals surface area contributed by atoms with Crippen LogP contribution in [0.5, 0.6) is 11.5 Å². The molecule has 0 bridgehead atoms. The summed E-state index contributed by atoms with van der Waals surface area (Å²) in [6.07, 6.45) is 0. The number of rotatable bonds is 9. The maximum absolute atomic E-state index is 13.3. The first-order valence-electron chi connectivity index (χ1n) is 10.4. The lowest BCUT2D eigenvalue weighted by atomic mass is 10.1. The van der Waals surface area contributed by atoms with Gasteiger partial charge in [0.25, 0.3) is 0 Å². The number of hydrogen-bond donors (Lipinski definition) is 0. The lowest BCUT2D eigenvalue weighted by Gasteiger charge is -2.29. The van der Waals surface area contributed by atoms with E-state index in [0.29, 0.717) is 36.9 Å². The molecule has 1 aliphatic rings. The fourth-order valence-corrected chi connectivity index (χ4v) is 3.58. The zero-order chi connectivity index (χ0) is 22.5. The van der Waals surface area contributed by atoms with Crippen LogP contribution in [0.25, 0.3) is 0 Å². The zero-order valence-corrected chi connectivity index (χ0v) is 19.1. The number of nitrogens with zero attached hydrogens (tertiary/aromatic N) is 2. The normalized spacial score (nSPS) is 13.4. The van der Waals surface area contributed by atoms with Crippen molar-refractivity contribution in [1.29, 1.82) is 0 Å². The van der Waals surface area contributed by atoms with Crippen LogP contribution in [0.15, 0.2) is 34.7 Å². The standard InChI is InChI=1S/C23H29ClN2O5/c1-15(2)10-26(23(28)17(4)24)13-22(27)25(12-19-7-5-16(3)31-19)11-18-6-8-20-21(9-18)30-14-29-20/h5-9,15,17H,10-14H2,1-4H3. The summed E-state index contributed by atoms with van der Waals surface area (Å²) in [6, 6.07) is 9.32. The van der Waals surface area contributed by atoms with Crippen LogP contribution in [0.4, 0.5) is 0 Å². The Bertz CT molecular complexity index is 924. The van der Waals surface area contributed by atoms with Crippen molar-refractivity contribution in [2.24, 2.45) is 5.92 Å². The quantitative estimate of drug-likeness (QED) is 0.543. The van der Waals surface area contributed by atoms with E-state index < -0.39 is 5.38 Å². The van der Waals surface area contributed by atoms with Crippen LogP contribution in [-0.2, 0) is 22.7 Å². The molecule has 0 radical (unpaired) electrons. The van der Waals surface area contributed by atoms with Crippen LogP contribution in [0.3, 0.4) is 0 Å². The molecule has 1 aliphatic heterocycles. The number of amides is 2. The predicted molar refractivity (Wildman–Crippen MR) is 117 cm³/mol. The van der Waals surface area contributed by atoms with Gasteiger partial charge in [0.2, 0.25) is 18.6 Å². The molecule has 7 nitrogen and oxygen atoms in total. The zero-order valence-electron chi connectivity index (χ0n) is 18.4. The summed E-state index contributed by atoms with van der Waals surface area (Å²) in [5.74, 6) is 2.58. The minimum atomic E-state index is -0.693. The molecule has 1 unspecified atom stereocenters. The summed E-state index contributed by atoms with van der Waals surface area (Å²) in [5, 5.41) is -0.693. The van der Waals surface area contributed by atoms with Crippen molar-refractivity contribution < 1.29 is 23.5 Å². The number of halogens is 1. The number of carbonyl (C=O) groups is 2. The number of ether oxygens (including phenoxy) is 2.